The SMILES string of the molecule is COC(=O)c1cc(C(=O)OC)cc(S(=O)(=O)N2Cc3ccccc3C[C@H]2C(N)=O)c1. The van der Waals surface area contributed by atoms with Gasteiger partial charge in [-0.2, -0.15) is 4.31 Å². The number of hydrogen-bond donors (Lipinski definition) is 1. The molecule has 1 amide bonds. The van der Waals surface area contributed by atoms with Crippen molar-refractivity contribution in [1.29, 1.82) is 0 Å². The number of rotatable bonds is 5. The molecule has 1 aliphatic rings. The number of benzene rings is 2. The Morgan fingerprint density at radius 3 is 2.00 bits per heavy atom. The highest BCUT2D eigenvalue weighted by molar-refractivity contribution is 7.89. The Labute approximate surface area is 173 Å². The first-order chi connectivity index (χ1) is 14.2. The monoisotopic (exact) mass is 432 g/mol. The first-order valence-corrected chi connectivity index (χ1v) is 10.3. The molecule has 2 aromatic rings. The summed E-state index contributed by atoms with van der Waals surface area (Å²) in [5, 5.41) is 0. The molecular formula is C20H20N2O7S. The molecule has 2 N–H and O–H groups in total. The van der Waals surface area contributed by atoms with Gasteiger partial charge in [0.15, 0.2) is 0 Å². The molecule has 158 valence electrons. The molecule has 0 bridgehead atoms. The van der Waals surface area contributed by atoms with Gasteiger partial charge in [0.2, 0.25) is 15.9 Å². The van der Waals surface area contributed by atoms with E-state index in [9.17, 15) is 22.8 Å². The normalized spacial score (nSPS) is 16.4. The molecule has 10 heteroatoms. The van der Waals surface area contributed by atoms with Crippen LogP contribution in [0, 0.1) is 0 Å². The number of fused-ring (bicyclic) bond motifs is 1. The van der Waals surface area contributed by atoms with Crippen molar-refractivity contribution in [3.63, 3.8) is 0 Å². The second-order valence-electron chi connectivity index (χ2n) is 6.67. The highest BCUT2D eigenvalue weighted by Gasteiger charge is 2.39. The van der Waals surface area contributed by atoms with Gasteiger partial charge in [-0.05, 0) is 35.7 Å². The standard InChI is InChI=1S/C20H20N2O7S/c1-28-19(24)14-7-15(20(25)29-2)9-16(8-14)30(26,27)22-11-13-6-4-3-5-12(13)10-17(22)18(21)23/h3-9,17H,10-11H2,1-2H3,(H2,21,23)/t17-/m0/s1. The Bertz CT molecular complexity index is 1090. The summed E-state index contributed by atoms with van der Waals surface area (Å²) in [5.41, 5.74) is 6.76. The second-order valence-corrected chi connectivity index (χ2v) is 8.56. The topological polar surface area (TPSA) is 133 Å². The van der Waals surface area contributed by atoms with E-state index >= 15 is 0 Å². The fourth-order valence-corrected chi connectivity index (χ4v) is 4.99. The van der Waals surface area contributed by atoms with Gasteiger partial charge in [-0.3, -0.25) is 4.79 Å². The summed E-state index contributed by atoms with van der Waals surface area (Å²) in [6.07, 6.45) is 0.116. The van der Waals surface area contributed by atoms with Crippen molar-refractivity contribution < 1.29 is 32.3 Å². The minimum Gasteiger partial charge on any atom is -0.465 e. The lowest BCUT2D eigenvalue weighted by Gasteiger charge is -2.34. The molecule has 0 radical (unpaired) electrons. The average molecular weight is 432 g/mol. The quantitative estimate of drug-likeness (QED) is 0.693. The van der Waals surface area contributed by atoms with E-state index in [1.807, 2.05) is 6.07 Å². The molecular weight excluding hydrogens is 412 g/mol. The molecule has 1 heterocycles. The van der Waals surface area contributed by atoms with Gasteiger partial charge >= 0.3 is 11.9 Å². The summed E-state index contributed by atoms with van der Waals surface area (Å²) < 4.78 is 37.2. The van der Waals surface area contributed by atoms with Gasteiger partial charge in [0.05, 0.1) is 30.2 Å². The molecule has 0 saturated carbocycles. The van der Waals surface area contributed by atoms with Gasteiger partial charge in [-0.1, -0.05) is 24.3 Å². The highest BCUT2D eigenvalue weighted by Crippen LogP contribution is 2.30. The molecule has 0 fully saturated rings. The summed E-state index contributed by atoms with van der Waals surface area (Å²) in [6, 6.07) is 9.37. The molecule has 30 heavy (non-hydrogen) atoms. The van der Waals surface area contributed by atoms with Crippen LogP contribution in [0.4, 0.5) is 0 Å². The van der Waals surface area contributed by atoms with Crippen molar-refractivity contribution in [2.75, 3.05) is 14.2 Å². The Balaban J connectivity index is 2.14. The van der Waals surface area contributed by atoms with E-state index in [0.29, 0.717) is 0 Å². The molecule has 0 unspecified atom stereocenters. The number of carbonyl (C=O) groups excluding carboxylic acids is 3. The van der Waals surface area contributed by atoms with Crippen LogP contribution in [0.15, 0.2) is 47.4 Å². The first kappa shape index (κ1) is 21.5. The van der Waals surface area contributed by atoms with E-state index in [2.05, 4.69) is 9.47 Å². The minimum atomic E-state index is -4.31. The minimum absolute atomic E-state index is 0.0812. The zero-order chi connectivity index (χ0) is 22.1. The predicted molar refractivity (Wildman–Crippen MR) is 105 cm³/mol. The zero-order valence-electron chi connectivity index (χ0n) is 16.3. The molecule has 1 atom stereocenters. The summed E-state index contributed by atoms with van der Waals surface area (Å²) in [4.78, 5) is 35.7. The third kappa shape index (κ3) is 3.91. The van der Waals surface area contributed by atoms with E-state index < -0.39 is 33.9 Å². The lowest BCUT2D eigenvalue weighted by atomic mass is 9.96. The van der Waals surface area contributed by atoms with Gasteiger partial charge < -0.3 is 15.2 Å². The van der Waals surface area contributed by atoms with Crippen LogP contribution in [-0.4, -0.2) is 50.8 Å². The molecule has 0 saturated heterocycles. The number of methoxy groups -OCH3 is 2. The number of sulfonamides is 1. The van der Waals surface area contributed by atoms with Gasteiger partial charge in [0.25, 0.3) is 0 Å². The maximum Gasteiger partial charge on any atom is 0.337 e. The first-order valence-electron chi connectivity index (χ1n) is 8.88. The number of primary amides is 1. The Morgan fingerprint density at radius 2 is 1.50 bits per heavy atom. The van der Waals surface area contributed by atoms with Crippen LogP contribution in [-0.2, 0) is 37.3 Å². The van der Waals surface area contributed by atoms with Crippen LogP contribution >= 0.6 is 0 Å². The van der Waals surface area contributed by atoms with Crippen LogP contribution in [0.5, 0.6) is 0 Å². The van der Waals surface area contributed by atoms with Crippen LogP contribution in [0.1, 0.15) is 31.8 Å². The number of carbonyl (C=O) groups is 3. The van der Waals surface area contributed by atoms with Crippen LogP contribution in [0.25, 0.3) is 0 Å². The number of amides is 1. The van der Waals surface area contributed by atoms with Crippen LogP contribution in [0.2, 0.25) is 0 Å². The summed E-state index contributed by atoms with van der Waals surface area (Å²) in [5.74, 6) is -2.45. The van der Waals surface area contributed by atoms with Crippen molar-refractivity contribution in [2.24, 2.45) is 5.73 Å². The lowest BCUT2D eigenvalue weighted by Crippen LogP contribution is -2.51. The molecule has 0 aliphatic carbocycles. The van der Waals surface area contributed by atoms with E-state index in [1.165, 1.54) is 6.07 Å². The molecule has 9 nitrogen and oxygen atoms in total. The van der Waals surface area contributed by atoms with Crippen molar-refractivity contribution >= 4 is 27.9 Å². The molecule has 0 spiro atoms. The van der Waals surface area contributed by atoms with Crippen molar-refractivity contribution in [3.8, 4) is 0 Å². The van der Waals surface area contributed by atoms with Crippen molar-refractivity contribution in [3.05, 3.63) is 64.7 Å². The van der Waals surface area contributed by atoms with Gasteiger partial charge in [-0.25, -0.2) is 18.0 Å². The summed E-state index contributed by atoms with van der Waals surface area (Å²) in [6.45, 7) is -0.0812. The van der Waals surface area contributed by atoms with Gasteiger partial charge in [0, 0.05) is 6.54 Å². The second kappa shape index (κ2) is 8.25. The van der Waals surface area contributed by atoms with Crippen molar-refractivity contribution in [2.45, 2.75) is 23.9 Å². The molecule has 3 rings (SSSR count). The van der Waals surface area contributed by atoms with E-state index in [4.69, 9.17) is 5.73 Å². The molecule has 1 aliphatic heterocycles. The summed E-state index contributed by atoms with van der Waals surface area (Å²) >= 11 is 0. The Kier molecular flexibility index (Phi) is 5.90. The number of nitrogens with two attached hydrogens (primary N) is 1. The fourth-order valence-electron chi connectivity index (χ4n) is 3.35. The third-order valence-corrected chi connectivity index (χ3v) is 6.72. The fraction of sp³-hybridized carbons (Fsp3) is 0.250. The maximum atomic E-state index is 13.5. The predicted octanol–water partition coefficient (Wildman–Crippen LogP) is 0.861. The zero-order valence-corrected chi connectivity index (χ0v) is 17.1. The van der Waals surface area contributed by atoms with Crippen LogP contribution < -0.4 is 5.73 Å². The Morgan fingerprint density at radius 1 is 0.967 bits per heavy atom. The molecule has 2 aromatic carbocycles. The van der Waals surface area contributed by atoms with Gasteiger partial charge in [0.1, 0.15) is 6.04 Å². The third-order valence-electron chi connectivity index (χ3n) is 4.89. The number of nitrogens with zero attached hydrogens (tertiary/aromatic N) is 1. The lowest BCUT2D eigenvalue weighted by molar-refractivity contribution is -0.122. The maximum absolute atomic E-state index is 13.5. The van der Waals surface area contributed by atoms with E-state index in [1.54, 1.807) is 18.2 Å². The van der Waals surface area contributed by atoms with Crippen LogP contribution in [0.3, 0.4) is 0 Å². The van der Waals surface area contributed by atoms with Crippen molar-refractivity contribution in [1.82, 2.24) is 4.31 Å². The number of ether oxygens (including phenoxy) is 2. The number of hydrogen-bond acceptors (Lipinski definition) is 7. The number of esters is 2. The van der Waals surface area contributed by atoms with E-state index in [-0.39, 0.29) is 29.0 Å². The highest BCUT2D eigenvalue weighted by atomic mass is 32.2. The smallest absolute Gasteiger partial charge is 0.337 e. The average Bonchev–Trinajstić information content (AvgIpc) is 2.76. The Hall–Kier alpha value is -3.24. The van der Waals surface area contributed by atoms with Gasteiger partial charge in [-0.15, -0.1) is 0 Å². The molecule has 0 aromatic heterocycles. The summed E-state index contributed by atoms with van der Waals surface area (Å²) in [7, 11) is -2.05. The van der Waals surface area contributed by atoms with E-state index in [0.717, 1.165) is 41.8 Å². The largest absolute Gasteiger partial charge is 0.465 e.